The summed E-state index contributed by atoms with van der Waals surface area (Å²) in [7, 11) is 0. The highest BCUT2D eigenvalue weighted by atomic mass is 16.5. The molecule has 0 radical (unpaired) electrons. The van der Waals surface area contributed by atoms with Crippen LogP contribution in [0.4, 0.5) is 0 Å². The van der Waals surface area contributed by atoms with Crippen molar-refractivity contribution in [3.05, 3.63) is 71.8 Å². The van der Waals surface area contributed by atoms with Crippen LogP contribution in [-0.4, -0.2) is 18.2 Å². The first-order valence-corrected chi connectivity index (χ1v) is 8.45. The third-order valence-electron chi connectivity index (χ3n) is 3.51. The fraction of sp³-hybridized carbons (Fsp3) is 0.238. The highest BCUT2D eigenvalue weighted by Crippen LogP contribution is 2.13. The molecule has 0 fully saturated rings. The van der Waals surface area contributed by atoms with E-state index in [0.29, 0.717) is 11.5 Å². The van der Waals surface area contributed by atoms with Crippen molar-refractivity contribution in [2.24, 2.45) is 5.10 Å². The van der Waals surface area contributed by atoms with Crippen molar-refractivity contribution in [2.45, 2.75) is 26.7 Å². The molecule has 0 bridgehead atoms. The first-order chi connectivity index (χ1) is 12.2. The molecule has 0 aliphatic carbocycles. The van der Waals surface area contributed by atoms with Crippen LogP contribution >= 0.6 is 0 Å². The van der Waals surface area contributed by atoms with Gasteiger partial charge in [-0.05, 0) is 42.7 Å². The monoisotopic (exact) mass is 336 g/mol. The summed E-state index contributed by atoms with van der Waals surface area (Å²) in [4.78, 5) is 11.8. The van der Waals surface area contributed by atoms with Crippen LogP contribution in [0.5, 0.6) is 5.75 Å². The largest absolute Gasteiger partial charge is 0.484 e. The van der Waals surface area contributed by atoms with E-state index in [1.807, 2.05) is 73.7 Å². The van der Waals surface area contributed by atoms with Crippen LogP contribution in [0.1, 0.15) is 31.4 Å². The summed E-state index contributed by atoms with van der Waals surface area (Å²) in [6.45, 7) is 3.91. The van der Waals surface area contributed by atoms with E-state index in [0.717, 1.165) is 18.4 Å². The Morgan fingerprint density at radius 3 is 2.52 bits per heavy atom. The first kappa shape index (κ1) is 18.5. The highest BCUT2D eigenvalue weighted by molar-refractivity contribution is 5.97. The maximum atomic E-state index is 11.8. The number of rotatable bonds is 8. The fourth-order valence-corrected chi connectivity index (χ4v) is 2.19. The van der Waals surface area contributed by atoms with Crippen molar-refractivity contribution < 1.29 is 9.53 Å². The van der Waals surface area contributed by atoms with Crippen LogP contribution in [0, 0.1) is 0 Å². The molecule has 0 aromatic heterocycles. The number of aryl methyl sites for hydroxylation is 1. The molecule has 1 N–H and O–H groups in total. The van der Waals surface area contributed by atoms with Crippen LogP contribution in [-0.2, 0) is 11.2 Å². The molecule has 2 rings (SSSR count). The summed E-state index contributed by atoms with van der Waals surface area (Å²) < 4.78 is 5.46. The minimum Gasteiger partial charge on any atom is -0.484 e. The van der Waals surface area contributed by atoms with Gasteiger partial charge in [-0.2, -0.15) is 5.10 Å². The average Bonchev–Trinajstić information content (AvgIpc) is 2.65. The van der Waals surface area contributed by atoms with E-state index >= 15 is 0 Å². The number of hydrogen-bond donors (Lipinski definition) is 1. The van der Waals surface area contributed by atoms with Crippen LogP contribution in [0.15, 0.2) is 65.8 Å². The predicted octanol–water partition coefficient (Wildman–Crippen LogP) is 4.22. The summed E-state index contributed by atoms with van der Waals surface area (Å²) in [5.74, 6) is 0.393. The molecule has 0 atom stereocenters. The lowest BCUT2D eigenvalue weighted by Gasteiger charge is -2.06. The van der Waals surface area contributed by atoms with Gasteiger partial charge >= 0.3 is 0 Å². The Kier molecular flexibility index (Phi) is 7.44. The number of carbonyl (C=O) groups excluding carboxylic acids is 1. The summed E-state index contributed by atoms with van der Waals surface area (Å²) in [6, 6.07) is 17.7. The van der Waals surface area contributed by atoms with Gasteiger partial charge in [-0.3, -0.25) is 4.79 Å². The maximum absolute atomic E-state index is 11.8. The van der Waals surface area contributed by atoms with E-state index in [2.05, 4.69) is 17.5 Å². The molecule has 130 valence electrons. The van der Waals surface area contributed by atoms with Crippen LogP contribution in [0.25, 0.3) is 6.08 Å². The van der Waals surface area contributed by atoms with Crippen molar-refractivity contribution >= 4 is 17.7 Å². The molecular formula is C21H24N2O2. The molecule has 0 saturated carbocycles. The SMILES string of the molecule is CCCc1ccc(OCC(=O)N/N=C(C)/C=C/c2ccccc2)cc1. The molecule has 4 nitrogen and oxygen atoms in total. The summed E-state index contributed by atoms with van der Waals surface area (Å²) in [5, 5.41) is 4.04. The number of nitrogens with one attached hydrogen (secondary N) is 1. The third-order valence-corrected chi connectivity index (χ3v) is 3.51. The van der Waals surface area contributed by atoms with Crippen LogP contribution < -0.4 is 10.2 Å². The van der Waals surface area contributed by atoms with Crippen LogP contribution in [0.2, 0.25) is 0 Å². The molecule has 0 heterocycles. The highest BCUT2D eigenvalue weighted by Gasteiger charge is 2.02. The minimum absolute atomic E-state index is 0.0632. The topological polar surface area (TPSA) is 50.7 Å². The zero-order valence-corrected chi connectivity index (χ0v) is 14.7. The Hall–Kier alpha value is -2.88. The van der Waals surface area contributed by atoms with E-state index < -0.39 is 0 Å². The number of hydrogen-bond acceptors (Lipinski definition) is 3. The second-order valence-corrected chi connectivity index (χ2v) is 5.71. The molecular weight excluding hydrogens is 312 g/mol. The number of carbonyl (C=O) groups is 1. The first-order valence-electron chi connectivity index (χ1n) is 8.45. The van der Waals surface area contributed by atoms with Crippen molar-refractivity contribution in [1.29, 1.82) is 0 Å². The fourth-order valence-electron chi connectivity index (χ4n) is 2.19. The number of amides is 1. The Balaban J connectivity index is 1.76. The zero-order chi connectivity index (χ0) is 17.9. The van der Waals surface area contributed by atoms with Gasteiger partial charge in [-0.1, -0.05) is 61.9 Å². The van der Waals surface area contributed by atoms with E-state index in [9.17, 15) is 4.79 Å². The van der Waals surface area contributed by atoms with Gasteiger partial charge in [0.25, 0.3) is 5.91 Å². The van der Waals surface area contributed by atoms with Gasteiger partial charge in [0.2, 0.25) is 0 Å². The van der Waals surface area contributed by atoms with E-state index in [-0.39, 0.29) is 12.5 Å². The smallest absolute Gasteiger partial charge is 0.277 e. The van der Waals surface area contributed by atoms with E-state index in [1.165, 1.54) is 5.56 Å². The lowest BCUT2D eigenvalue weighted by molar-refractivity contribution is -0.123. The Morgan fingerprint density at radius 2 is 1.84 bits per heavy atom. The molecule has 0 saturated heterocycles. The molecule has 1 amide bonds. The zero-order valence-electron chi connectivity index (χ0n) is 14.7. The molecule has 0 aliphatic heterocycles. The number of nitrogens with zero attached hydrogens (tertiary/aromatic N) is 1. The molecule has 4 heteroatoms. The lowest BCUT2D eigenvalue weighted by atomic mass is 10.1. The summed E-state index contributed by atoms with van der Waals surface area (Å²) in [6.07, 6.45) is 5.95. The molecule has 0 spiro atoms. The Bertz CT molecular complexity index is 719. The Morgan fingerprint density at radius 1 is 1.12 bits per heavy atom. The van der Waals surface area contributed by atoms with Crippen LogP contribution in [0.3, 0.4) is 0 Å². The van der Waals surface area contributed by atoms with Gasteiger partial charge in [0.05, 0.1) is 5.71 Å². The van der Waals surface area contributed by atoms with Gasteiger partial charge in [0.1, 0.15) is 5.75 Å². The van der Waals surface area contributed by atoms with Gasteiger partial charge in [0, 0.05) is 0 Å². The lowest BCUT2D eigenvalue weighted by Crippen LogP contribution is -2.25. The summed E-state index contributed by atoms with van der Waals surface area (Å²) >= 11 is 0. The summed E-state index contributed by atoms with van der Waals surface area (Å²) in [5.41, 5.74) is 5.55. The second kappa shape index (κ2) is 10.1. The number of allylic oxidation sites excluding steroid dienone is 1. The van der Waals surface area contributed by atoms with Crippen molar-refractivity contribution in [1.82, 2.24) is 5.43 Å². The molecule has 25 heavy (non-hydrogen) atoms. The molecule has 0 unspecified atom stereocenters. The van der Waals surface area contributed by atoms with Crippen molar-refractivity contribution in [3.8, 4) is 5.75 Å². The standard InChI is InChI=1S/C21H24N2O2/c1-3-7-18-12-14-20(15-13-18)25-16-21(24)23-22-17(2)10-11-19-8-5-4-6-9-19/h4-6,8-15H,3,7,16H2,1-2H3,(H,23,24)/b11-10+,22-17+. The van der Waals surface area contributed by atoms with Gasteiger partial charge < -0.3 is 4.74 Å². The van der Waals surface area contributed by atoms with E-state index in [4.69, 9.17) is 4.74 Å². The maximum Gasteiger partial charge on any atom is 0.277 e. The number of ether oxygens (including phenoxy) is 1. The second-order valence-electron chi connectivity index (χ2n) is 5.71. The third kappa shape index (κ3) is 7.04. The van der Waals surface area contributed by atoms with Gasteiger partial charge in [-0.15, -0.1) is 0 Å². The average molecular weight is 336 g/mol. The molecule has 2 aromatic carbocycles. The number of benzene rings is 2. The van der Waals surface area contributed by atoms with E-state index in [1.54, 1.807) is 0 Å². The molecule has 0 aliphatic rings. The minimum atomic E-state index is -0.287. The van der Waals surface area contributed by atoms with Crippen molar-refractivity contribution in [2.75, 3.05) is 6.61 Å². The number of hydrazone groups is 1. The Labute approximate surface area is 149 Å². The normalized spacial score (nSPS) is 11.5. The van der Waals surface area contributed by atoms with Gasteiger partial charge in [-0.25, -0.2) is 5.43 Å². The molecule has 2 aromatic rings. The van der Waals surface area contributed by atoms with Crippen molar-refractivity contribution in [3.63, 3.8) is 0 Å². The predicted molar refractivity (Wildman–Crippen MR) is 103 cm³/mol. The van der Waals surface area contributed by atoms with Gasteiger partial charge in [0.15, 0.2) is 6.61 Å². The quantitative estimate of drug-likeness (QED) is 0.579.